The van der Waals surface area contributed by atoms with E-state index in [1.807, 2.05) is 0 Å². The summed E-state index contributed by atoms with van der Waals surface area (Å²) >= 11 is 0. The van der Waals surface area contributed by atoms with Crippen molar-refractivity contribution in [3.05, 3.63) is 29.6 Å². The van der Waals surface area contributed by atoms with Crippen LogP contribution in [0.5, 0.6) is 5.75 Å². The lowest BCUT2D eigenvalue weighted by Crippen LogP contribution is -2.21. The summed E-state index contributed by atoms with van der Waals surface area (Å²) in [5.41, 5.74) is 0.560. The van der Waals surface area contributed by atoms with E-state index in [1.54, 1.807) is 19.1 Å². The molecule has 1 aromatic rings. The standard InChI is InChI=1S/C12H13FO3/c1-7(12(14)15)5-8-6-9-10(13)3-2-4-11(9)16-8/h2-4,7-8H,5-6H2,1H3,(H,14,15). The number of aliphatic carboxylic acids is 1. The lowest BCUT2D eigenvalue weighted by Gasteiger charge is -2.12. The molecule has 16 heavy (non-hydrogen) atoms. The van der Waals surface area contributed by atoms with Gasteiger partial charge in [-0.3, -0.25) is 4.79 Å². The summed E-state index contributed by atoms with van der Waals surface area (Å²) in [6.07, 6.45) is 0.640. The van der Waals surface area contributed by atoms with Gasteiger partial charge in [0.05, 0.1) is 5.92 Å². The van der Waals surface area contributed by atoms with E-state index in [0.717, 1.165) is 0 Å². The summed E-state index contributed by atoms with van der Waals surface area (Å²) < 4.78 is 18.9. The van der Waals surface area contributed by atoms with Crippen LogP contribution in [0.4, 0.5) is 4.39 Å². The van der Waals surface area contributed by atoms with Gasteiger partial charge >= 0.3 is 5.97 Å². The topological polar surface area (TPSA) is 46.5 Å². The van der Waals surface area contributed by atoms with Crippen molar-refractivity contribution >= 4 is 5.97 Å². The Balaban J connectivity index is 2.06. The zero-order chi connectivity index (χ0) is 11.7. The second kappa shape index (κ2) is 4.12. The maximum Gasteiger partial charge on any atom is 0.306 e. The van der Waals surface area contributed by atoms with E-state index >= 15 is 0 Å². The van der Waals surface area contributed by atoms with Gasteiger partial charge in [0, 0.05) is 12.0 Å². The van der Waals surface area contributed by atoms with Crippen LogP contribution in [0.1, 0.15) is 18.9 Å². The summed E-state index contributed by atoms with van der Waals surface area (Å²) in [7, 11) is 0. The Bertz CT molecular complexity index is 417. The normalized spacial score (nSPS) is 20.0. The molecule has 2 unspecified atom stereocenters. The Kier molecular flexibility index (Phi) is 2.81. The average Bonchev–Trinajstić information content (AvgIpc) is 2.61. The van der Waals surface area contributed by atoms with E-state index in [2.05, 4.69) is 0 Å². The molecule has 0 saturated carbocycles. The molecule has 0 amide bonds. The highest BCUT2D eigenvalue weighted by Gasteiger charge is 2.28. The third kappa shape index (κ3) is 2.01. The zero-order valence-electron chi connectivity index (χ0n) is 8.94. The van der Waals surface area contributed by atoms with Gasteiger partial charge in [-0.05, 0) is 18.6 Å². The molecular weight excluding hydrogens is 211 g/mol. The van der Waals surface area contributed by atoms with Gasteiger partial charge in [-0.15, -0.1) is 0 Å². The zero-order valence-corrected chi connectivity index (χ0v) is 8.94. The first-order chi connectivity index (χ1) is 7.58. The number of rotatable bonds is 3. The highest BCUT2D eigenvalue weighted by Crippen LogP contribution is 2.32. The molecule has 0 saturated heterocycles. The molecule has 0 fully saturated rings. The Morgan fingerprint density at radius 2 is 2.44 bits per heavy atom. The van der Waals surface area contributed by atoms with E-state index in [0.29, 0.717) is 24.2 Å². The Morgan fingerprint density at radius 3 is 3.06 bits per heavy atom. The number of benzene rings is 1. The minimum atomic E-state index is -0.847. The lowest BCUT2D eigenvalue weighted by molar-refractivity contribution is -0.141. The number of halogens is 1. The monoisotopic (exact) mass is 224 g/mol. The molecule has 0 radical (unpaired) electrons. The fourth-order valence-corrected chi connectivity index (χ4v) is 1.92. The van der Waals surface area contributed by atoms with Gasteiger partial charge in [0.2, 0.25) is 0 Å². The number of fused-ring (bicyclic) bond motifs is 1. The fourth-order valence-electron chi connectivity index (χ4n) is 1.92. The molecule has 1 N–H and O–H groups in total. The van der Waals surface area contributed by atoms with Gasteiger partial charge in [0.15, 0.2) is 0 Å². The molecule has 86 valence electrons. The van der Waals surface area contributed by atoms with Gasteiger partial charge in [-0.2, -0.15) is 0 Å². The maximum atomic E-state index is 13.4. The van der Waals surface area contributed by atoms with E-state index in [-0.39, 0.29) is 11.9 Å². The van der Waals surface area contributed by atoms with Crippen LogP contribution in [-0.4, -0.2) is 17.2 Å². The van der Waals surface area contributed by atoms with E-state index in [4.69, 9.17) is 9.84 Å². The molecule has 1 aliphatic rings. The van der Waals surface area contributed by atoms with Crippen molar-refractivity contribution in [2.75, 3.05) is 0 Å². The average molecular weight is 224 g/mol. The quantitative estimate of drug-likeness (QED) is 0.856. The van der Waals surface area contributed by atoms with Crippen LogP contribution in [0.2, 0.25) is 0 Å². The van der Waals surface area contributed by atoms with Crippen LogP contribution >= 0.6 is 0 Å². The van der Waals surface area contributed by atoms with Crippen molar-refractivity contribution < 1.29 is 19.0 Å². The highest BCUT2D eigenvalue weighted by molar-refractivity contribution is 5.69. The largest absolute Gasteiger partial charge is 0.490 e. The van der Waals surface area contributed by atoms with Crippen LogP contribution in [0.3, 0.4) is 0 Å². The van der Waals surface area contributed by atoms with Crippen LogP contribution in [-0.2, 0) is 11.2 Å². The van der Waals surface area contributed by atoms with Crippen molar-refractivity contribution in [3.8, 4) is 5.75 Å². The van der Waals surface area contributed by atoms with Gasteiger partial charge in [-0.25, -0.2) is 4.39 Å². The van der Waals surface area contributed by atoms with E-state index in [1.165, 1.54) is 6.07 Å². The number of hydrogen-bond acceptors (Lipinski definition) is 2. The number of ether oxygens (including phenoxy) is 1. The lowest BCUT2D eigenvalue weighted by atomic mass is 10.00. The van der Waals surface area contributed by atoms with E-state index in [9.17, 15) is 9.18 Å². The molecule has 3 nitrogen and oxygen atoms in total. The first kappa shape index (κ1) is 10.9. The first-order valence-electron chi connectivity index (χ1n) is 5.24. The van der Waals surface area contributed by atoms with Crippen LogP contribution in [0.25, 0.3) is 0 Å². The molecule has 2 atom stereocenters. The SMILES string of the molecule is CC(CC1Cc2c(F)cccc2O1)C(=O)O. The van der Waals surface area contributed by atoms with Gasteiger partial charge in [0.1, 0.15) is 17.7 Å². The minimum absolute atomic E-state index is 0.224. The molecule has 0 aromatic heterocycles. The summed E-state index contributed by atoms with van der Waals surface area (Å²) in [5.74, 6) is -1.05. The molecule has 0 aliphatic carbocycles. The molecule has 1 aliphatic heterocycles. The third-order valence-corrected chi connectivity index (χ3v) is 2.84. The molecule has 4 heteroatoms. The van der Waals surface area contributed by atoms with Crippen molar-refractivity contribution in [2.45, 2.75) is 25.9 Å². The number of carboxylic acids is 1. The smallest absolute Gasteiger partial charge is 0.306 e. The molecule has 1 heterocycles. The summed E-state index contributed by atoms with van der Waals surface area (Å²) in [5, 5.41) is 8.78. The van der Waals surface area contributed by atoms with Crippen LogP contribution < -0.4 is 4.74 Å². The molecule has 1 aromatic carbocycles. The number of hydrogen-bond donors (Lipinski definition) is 1. The van der Waals surface area contributed by atoms with Crippen molar-refractivity contribution in [2.24, 2.45) is 5.92 Å². The van der Waals surface area contributed by atoms with E-state index < -0.39 is 11.9 Å². The molecule has 2 rings (SSSR count). The highest BCUT2D eigenvalue weighted by atomic mass is 19.1. The predicted octanol–water partition coefficient (Wildman–Crippen LogP) is 2.24. The fraction of sp³-hybridized carbons (Fsp3) is 0.417. The minimum Gasteiger partial charge on any atom is -0.490 e. The molecule has 0 spiro atoms. The van der Waals surface area contributed by atoms with Gasteiger partial charge in [-0.1, -0.05) is 13.0 Å². The predicted molar refractivity (Wildman–Crippen MR) is 55.9 cm³/mol. The summed E-state index contributed by atoms with van der Waals surface area (Å²) in [6, 6.07) is 4.70. The van der Waals surface area contributed by atoms with Crippen molar-refractivity contribution in [3.63, 3.8) is 0 Å². The van der Waals surface area contributed by atoms with Crippen molar-refractivity contribution in [1.82, 2.24) is 0 Å². The maximum absolute atomic E-state index is 13.4. The van der Waals surface area contributed by atoms with Crippen LogP contribution in [0.15, 0.2) is 18.2 Å². The van der Waals surface area contributed by atoms with Gasteiger partial charge in [0.25, 0.3) is 0 Å². The second-order valence-corrected chi connectivity index (χ2v) is 4.14. The number of carboxylic acid groups (broad SMARTS) is 1. The third-order valence-electron chi connectivity index (χ3n) is 2.84. The number of carbonyl (C=O) groups is 1. The Morgan fingerprint density at radius 1 is 1.69 bits per heavy atom. The van der Waals surface area contributed by atoms with Gasteiger partial charge < -0.3 is 9.84 Å². The van der Waals surface area contributed by atoms with Crippen LogP contribution in [0, 0.1) is 11.7 Å². The molecular formula is C12H13FO3. The first-order valence-corrected chi connectivity index (χ1v) is 5.24. The second-order valence-electron chi connectivity index (χ2n) is 4.14. The van der Waals surface area contributed by atoms with Crippen molar-refractivity contribution in [1.29, 1.82) is 0 Å². The summed E-state index contributed by atoms with van der Waals surface area (Å²) in [6.45, 7) is 1.63. The summed E-state index contributed by atoms with van der Waals surface area (Å²) in [4.78, 5) is 10.7. The Hall–Kier alpha value is -1.58. The Labute approximate surface area is 92.9 Å². The molecule has 0 bridgehead atoms.